The third-order valence-corrected chi connectivity index (χ3v) is 7.43. The number of aryl methyl sites for hydroxylation is 1. The molecule has 0 bridgehead atoms. The van der Waals surface area contributed by atoms with Crippen LogP contribution in [0.2, 0.25) is 0 Å². The van der Waals surface area contributed by atoms with Crippen LogP contribution < -0.4 is 19.1 Å². The van der Waals surface area contributed by atoms with Crippen molar-refractivity contribution in [3.63, 3.8) is 0 Å². The van der Waals surface area contributed by atoms with E-state index in [0.29, 0.717) is 27.4 Å². The fourth-order valence-electron chi connectivity index (χ4n) is 3.66. The van der Waals surface area contributed by atoms with Gasteiger partial charge in [-0.15, -0.1) is 0 Å². The van der Waals surface area contributed by atoms with Crippen LogP contribution in [0.5, 0.6) is 11.5 Å². The lowest BCUT2D eigenvalue weighted by Crippen LogP contribution is -2.41. The minimum absolute atomic E-state index is 0.161. The van der Waals surface area contributed by atoms with Crippen LogP contribution in [0.4, 0.5) is 18.9 Å². The zero-order valence-corrected chi connectivity index (χ0v) is 21.5. The second kappa shape index (κ2) is 11.1. The van der Waals surface area contributed by atoms with E-state index >= 15 is 0 Å². The van der Waals surface area contributed by atoms with Crippen molar-refractivity contribution in [2.24, 2.45) is 0 Å². The number of alkyl halides is 3. The monoisotopic (exact) mass is 536 g/mol. The summed E-state index contributed by atoms with van der Waals surface area (Å²) in [6.07, 6.45) is -4.70. The number of nitrogens with one attached hydrogen (secondary N) is 1. The molecule has 0 heterocycles. The summed E-state index contributed by atoms with van der Waals surface area (Å²) in [5.74, 6) is 0.255. The Morgan fingerprint density at radius 1 is 1.00 bits per heavy atom. The molecule has 3 aromatic rings. The summed E-state index contributed by atoms with van der Waals surface area (Å²) in [5.41, 5.74) is 0.0340. The Bertz CT molecular complexity index is 1360. The molecule has 7 nitrogen and oxygen atoms in total. The molecule has 198 valence electrons. The fraction of sp³-hybridized carbons (Fsp3) is 0.269. The van der Waals surface area contributed by atoms with Crippen LogP contribution in [0.3, 0.4) is 0 Å². The van der Waals surface area contributed by atoms with E-state index in [1.807, 2.05) is 0 Å². The molecule has 3 aromatic carbocycles. The molecule has 0 aliphatic heterocycles. The average Bonchev–Trinajstić information content (AvgIpc) is 2.86. The van der Waals surface area contributed by atoms with Gasteiger partial charge in [-0.2, -0.15) is 13.2 Å². The van der Waals surface area contributed by atoms with Gasteiger partial charge < -0.3 is 14.8 Å². The van der Waals surface area contributed by atoms with E-state index in [0.717, 1.165) is 17.7 Å². The van der Waals surface area contributed by atoms with E-state index in [4.69, 9.17) is 9.47 Å². The van der Waals surface area contributed by atoms with Crippen molar-refractivity contribution in [2.45, 2.75) is 31.0 Å². The van der Waals surface area contributed by atoms with Crippen molar-refractivity contribution in [1.82, 2.24) is 5.32 Å². The van der Waals surface area contributed by atoms with Gasteiger partial charge in [0.15, 0.2) is 0 Å². The molecule has 11 heteroatoms. The molecule has 0 fully saturated rings. The smallest absolute Gasteiger partial charge is 0.416 e. The number of carbonyl (C=O) groups excluding carboxylic acids is 1. The Balaban J connectivity index is 1.98. The molecule has 1 unspecified atom stereocenters. The molecule has 3 rings (SSSR count). The predicted octanol–water partition coefficient (Wildman–Crippen LogP) is 5.10. The van der Waals surface area contributed by atoms with Crippen LogP contribution in [0.15, 0.2) is 71.6 Å². The maximum absolute atomic E-state index is 13.5. The van der Waals surface area contributed by atoms with Crippen molar-refractivity contribution in [3.05, 3.63) is 83.4 Å². The molecule has 1 atom stereocenters. The Hall–Kier alpha value is -3.73. The Labute approximate surface area is 213 Å². The molecular weight excluding hydrogens is 509 g/mol. The second-order valence-corrected chi connectivity index (χ2v) is 10.1. The fourth-order valence-corrected chi connectivity index (χ4v) is 5.08. The van der Waals surface area contributed by atoms with Crippen LogP contribution in [0.1, 0.15) is 29.7 Å². The van der Waals surface area contributed by atoms with E-state index < -0.39 is 40.3 Å². The number of hydrogen-bond donors (Lipinski definition) is 1. The van der Waals surface area contributed by atoms with Gasteiger partial charge in [0.05, 0.1) is 36.4 Å². The summed E-state index contributed by atoms with van der Waals surface area (Å²) in [7, 11) is -1.45. The number of methoxy groups -OCH3 is 2. The van der Waals surface area contributed by atoms with Gasteiger partial charge in [-0.3, -0.25) is 9.10 Å². The van der Waals surface area contributed by atoms with Gasteiger partial charge >= 0.3 is 6.18 Å². The first-order chi connectivity index (χ1) is 17.4. The molecule has 1 N–H and O–H groups in total. The first-order valence-corrected chi connectivity index (χ1v) is 12.6. The minimum Gasteiger partial charge on any atom is -0.497 e. The van der Waals surface area contributed by atoms with Crippen LogP contribution in [-0.2, 0) is 21.0 Å². The first-order valence-electron chi connectivity index (χ1n) is 11.1. The van der Waals surface area contributed by atoms with Gasteiger partial charge in [-0.25, -0.2) is 8.42 Å². The van der Waals surface area contributed by atoms with Gasteiger partial charge in [0, 0.05) is 5.56 Å². The number of ether oxygens (including phenoxy) is 2. The molecule has 0 aliphatic rings. The summed E-state index contributed by atoms with van der Waals surface area (Å²) in [4.78, 5) is 12.9. The first kappa shape index (κ1) is 27.9. The van der Waals surface area contributed by atoms with Gasteiger partial charge in [-0.05, 0) is 62.4 Å². The number of hydrogen-bond acceptors (Lipinski definition) is 5. The van der Waals surface area contributed by atoms with Crippen LogP contribution in [0, 0.1) is 6.92 Å². The van der Waals surface area contributed by atoms with E-state index in [9.17, 15) is 26.4 Å². The zero-order chi connectivity index (χ0) is 27.4. The van der Waals surface area contributed by atoms with Crippen LogP contribution in [0.25, 0.3) is 0 Å². The topological polar surface area (TPSA) is 84.9 Å². The number of anilines is 1. The van der Waals surface area contributed by atoms with E-state index in [2.05, 4.69) is 5.32 Å². The number of halogens is 3. The number of nitrogens with zero attached hydrogens (tertiary/aromatic N) is 1. The molecule has 0 saturated heterocycles. The lowest BCUT2D eigenvalue weighted by atomic mass is 10.1. The standard InChI is InChI=1S/C26H27F3N2O5S/c1-17-8-11-22(12-9-17)37(33,34)31(20-7-5-6-19(14-20)26(27,28)29)16-25(32)30-18(2)23-15-21(35-3)10-13-24(23)36-4/h5-15,18H,16H2,1-4H3,(H,30,32). The lowest BCUT2D eigenvalue weighted by molar-refractivity contribution is -0.137. The number of sulfonamides is 1. The van der Waals surface area contributed by atoms with E-state index in [-0.39, 0.29) is 10.6 Å². The normalized spacial score (nSPS) is 12.5. The molecule has 0 saturated carbocycles. The van der Waals surface area contributed by atoms with Gasteiger partial charge in [0.2, 0.25) is 5.91 Å². The third kappa shape index (κ3) is 6.53. The minimum atomic E-state index is -4.70. The maximum atomic E-state index is 13.5. The molecule has 0 spiro atoms. The summed E-state index contributed by atoms with van der Waals surface area (Å²) < 4.78 is 78.4. The van der Waals surface area contributed by atoms with Gasteiger partial charge in [-0.1, -0.05) is 23.8 Å². The molecule has 0 aliphatic carbocycles. The highest BCUT2D eigenvalue weighted by molar-refractivity contribution is 7.92. The molecule has 0 radical (unpaired) electrons. The predicted molar refractivity (Wildman–Crippen MR) is 133 cm³/mol. The summed E-state index contributed by atoms with van der Waals surface area (Å²) >= 11 is 0. The highest BCUT2D eigenvalue weighted by Crippen LogP contribution is 2.34. The second-order valence-electron chi connectivity index (χ2n) is 8.27. The van der Waals surface area contributed by atoms with Crippen molar-refractivity contribution < 1.29 is 35.9 Å². The van der Waals surface area contributed by atoms with E-state index in [1.54, 1.807) is 44.2 Å². The molecular formula is C26H27F3N2O5S. The number of carbonyl (C=O) groups is 1. The maximum Gasteiger partial charge on any atom is 0.416 e. The molecule has 37 heavy (non-hydrogen) atoms. The SMILES string of the molecule is COc1ccc(OC)c(C(C)NC(=O)CN(c2cccc(C(F)(F)F)c2)S(=O)(=O)c2ccc(C)cc2)c1. The Morgan fingerprint density at radius 3 is 2.27 bits per heavy atom. The molecule has 1 amide bonds. The summed E-state index contributed by atoms with van der Waals surface area (Å²) in [6.45, 7) is 2.68. The largest absolute Gasteiger partial charge is 0.497 e. The van der Waals surface area contributed by atoms with Crippen molar-refractivity contribution in [1.29, 1.82) is 0 Å². The average molecular weight is 537 g/mol. The van der Waals surface area contributed by atoms with Crippen molar-refractivity contribution >= 4 is 21.6 Å². The van der Waals surface area contributed by atoms with Gasteiger partial charge in [0.1, 0.15) is 18.0 Å². The summed E-state index contributed by atoms with van der Waals surface area (Å²) in [5, 5.41) is 2.70. The highest BCUT2D eigenvalue weighted by Gasteiger charge is 2.33. The Kier molecular flexibility index (Phi) is 8.37. The van der Waals surface area contributed by atoms with Crippen molar-refractivity contribution in [2.75, 3.05) is 25.1 Å². The summed E-state index contributed by atoms with van der Waals surface area (Å²) in [6, 6.07) is 14.0. The highest BCUT2D eigenvalue weighted by atomic mass is 32.2. The van der Waals surface area contributed by atoms with Crippen molar-refractivity contribution in [3.8, 4) is 11.5 Å². The Morgan fingerprint density at radius 2 is 1.68 bits per heavy atom. The number of amides is 1. The number of benzene rings is 3. The lowest BCUT2D eigenvalue weighted by Gasteiger charge is -2.26. The van der Waals surface area contributed by atoms with Crippen LogP contribution in [-0.4, -0.2) is 35.1 Å². The van der Waals surface area contributed by atoms with E-state index in [1.165, 1.54) is 32.4 Å². The van der Waals surface area contributed by atoms with Gasteiger partial charge in [0.25, 0.3) is 10.0 Å². The zero-order valence-electron chi connectivity index (χ0n) is 20.7. The quantitative estimate of drug-likeness (QED) is 0.411. The van der Waals surface area contributed by atoms with Crippen LogP contribution >= 0.6 is 0 Å². The molecule has 0 aromatic heterocycles. The third-order valence-electron chi connectivity index (χ3n) is 5.64. The number of rotatable bonds is 9.